The van der Waals surface area contributed by atoms with Crippen LogP contribution in [0.2, 0.25) is 0 Å². The molecule has 7 nitrogen and oxygen atoms in total. The van der Waals surface area contributed by atoms with E-state index in [0.717, 1.165) is 43.9 Å². The first-order valence-electron chi connectivity index (χ1n) is 9.77. The summed E-state index contributed by atoms with van der Waals surface area (Å²) in [5, 5.41) is 5.21. The Morgan fingerprint density at radius 3 is 2.63 bits per heavy atom. The van der Waals surface area contributed by atoms with Gasteiger partial charge in [0.1, 0.15) is 5.82 Å². The van der Waals surface area contributed by atoms with Gasteiger partial charge in [0, 0.05) is 30.7 Å². The van der Waals surface area contributed by atoms with E-state index < -0.39 is 23.4 Å². The van der Waals surface area contributed by atoms with Crippen LogP contribution < -0.4 is 15.5 Å². The molecule has 3 N–H and O–H groups in total. The number of amides is 2. The fraction of sp³-hybridized carbons (Fsp3) is 0.286. The largest absolute Gasteiger partial charge is 0.359 e. The number of aromatic nitrogens is 2. The van der Waals surface area contributed by atoms with Crippen LogP contribution >= 0.6 is 0 Å². The van der Waals surface area contributed by atoms with E-state index in [1.54, 1.807) is 6.07 Å². The summed E-state index contributed by atoms with van der Waals surface area (Å²) in [6, 6.07) is 7.54. The number of hydrogen-bond acceptors (Lipinski definition) is 4. The van der Waals surface area contributed by atoms with Gasteiger partial charge in [0.05, 0.1) is 23.4 Å². The molecule has 4 rings (SSSR count). The van der Waals surface area contributed by atoms with E-state index in [1.807, 2.05) is 12.1 Å². The third kappa shape index (κ3) is 4.24. The number of aromatic amines is 1. The Bertz CT molecular complexity index is 1090. The number of hydrogen-bond donors (Lipinski definition) is 3. The number of anilines is 2. The minimum atomic E-state index is -1.04. The molecule has 156 valence electrons. The Labute approximate surface area is 171 Å². The minimum absolute atomic E-state index is 0.0989. The molecule has 0 spiro atoms. The van der Waals surface area contributed by atoms with E-state index >= 15 is 0 Å². The molecule has 1 aliphatic heterocycles. The van der Waals surface area contributed by atoms with Gasteiger partial charge in [0.25, 0.3) is 0 Å². The molecule has 2 amide bonds. The SMILES string of the molecule is O=C(NCc1cccc(N2CCCCC2)n1)C(=O)Nc1c[nH]c2cc(F)c(F)cc12. The fourth-order valence-corrected chi connectivity index (χ4v) is 3.51. The molecule has 3 aromatic rings. The predicted molar refractivity (Wildman–Crippen MR) is 109 cm³/mol. The zero-order valence-corrected chi connectivity index (χ0v) is 16.2. The maximum Gasteiger partial charge on any atom is 0.313 e. The van der Waals surface area contributed by atoms with Crippen LogP contribution in [0.25, 0.3) is 10.9 Å². The van der Waals surface area contributed by atoms with Crippen molar-refractivity contribution in [2.24, 2.45) is 0 Å². The van der Waals surface area contributed by atoms with E-state index in [1.165, 1.54) is 12.6 Å². The van der Waals surface area contributed by atoms with Crippen LogP contribution in [0.15, 0.2) is 36.5 Å². The fourth-order valence-electron chi connectivity index (χ4n) is 3.51. The molecular formula is C21H21F2N5O2. The lowest BCUT2D eigenvalue weighted by atomic mass is 10.1. The summed E-state index contributed by atoms with van der Waals surface area (Å²) in [7, 11) is 0. The van der Waals surface area contributed by atoms with Crippen molar-refractivity contribution in [2.75, 3.05) is 23.3 Å². The maximum atomic E-state index is 13.5. The molecule has 2 aromatic heterocycles. The number of nitrogens with zero attached hydrogens (tertiary/aromatic N) is 2. The molecule has 0 unspecified atom stereocenters. The molecule has 1 aromatic carbocycles. The number of piperidine rings is 1. The molecule has 9 heteroatoms. The van der Waals surface area contributed by atoms with Crippen LogP contribution in [-0.4, -0.2) is 34.9 Å². The molecule has 3 heterocycles. The number of rotatable bonds is 4. The Morgan fingerprint density at radius 2 is 1.83 bits per heavy atom. The van der Waals surface area contributed by atoms with Crippen molar-refractivity contribution in [1.29, 1.82) is 0 Å². The molecule has 30 heavy (non-hydrogen) atoms. The van der Waals surface area contributed by atoms with Gasteiger partial charge in [-0.05, 0) is 37.5 Å². The van der Waals surface area contributed by atoms with Crippen LogP contribution in [-0.2, 0) is 16.1 Å². The molecule has 1 aliphatic rings. The highest BCUT2D eigenvalue weighted by Gasteiger charge is 2.17. The highest BCUT2D eigenvalue weighted by Crippen LogP contribution is 2.25. The van der Waals surface area contributed by atoms with Crippen LogP contribution in [0, 0.1) is 11.6 Å². The topological polar surface area (TPSA) is 90.1 Å². The van der Waals surface area contributed by atoms with Crippen molar-refractivity contribution >= 4 is 34.2 Å². The summed E-state index contributed by atoms with van der Waals surface area (Å²) in [5.74, 6) is -2.94. The molecule has 0 radical (unpaired) electrons. The van der Waals surface area contributed by atoms with Crippen molar-refractivity contribution in [1.82, 2.24) is 15.3 Å². The van der Waals surface area contributed by atoms with Gasteiger partial charge < -0.3 is 20.5 Å². The summed E-state index contributed by atoms with van der Waals surface area (Å²) in [6.07, 6.45) is 4.86. The minimum Gasteiger partial charge on any atom is -0.359 e. The molecule has 0 atom stereocenters. The van der Waals surface area contributed by atoms with Gasteiger partial charge in [0.2, 0.25) is 0 Å². The average Bonchev–Trinajstić information content (AvgIpc) is 3.14. The smallest absolute Gasteiger partial charge is 0.313 e. The van der Waals surface area contributed by atoms with Crippen LogP contribution in [0.4, 0.5) is 20.3 Å². The molecule has 0 aliphatic carbocycles. The number of nitrogens with one attached hydrogen (secondary N) is 3. The second-order valence-corrected chi connectivity index (χ2v) is 7.19. The Morgan fingerprint density at radius 1 is 1.07 bits per heavy atom. The number of fused-ring (bicyclic) bond motifs is 1. The number of H-pyrrole nitrogens is 1. The second-order valence-electron chi connectivity index (χ2n) is 7.19. The van der Waals surface area contributed by atoms with Crippen molar-refractivity contribution in [3.8, 4) is 0 Å². The van der Waals surface area contributed by atoms with Crippen LogP contribution in [0.1, 0.15) is 25.0 Å². The second kappa shape index (κ2) is 8.48. The molecule has 1 fully saturated rings. The van der Waals surface area contributed by atoms with Gasteiger partial charge in [-0.1, -0.05) is 6.07 Å². The first-order chi connectivity index (χ1) is 14.5. The number of carbonyl (C=O) groups excluding carboxylic acids is 2. The summed E-state index contributed by atoms with van der Waals surface area (Å²) < 4.78 is 26.8. The van der Waals surface area contributed by atoms with Crippen molar-refractivity contribution in [3.63, 3.8) is 0 Å². The highest BCUT2D eigenvalue weighted by molar-refractivity contribution is 6.40. The van der Waals surface area contributed by atoms with E-state index in [4.69, 9.17) is 0 Å². The number of halogens is 2. The standard InChI is InChI=1S/C21H21F2N5O2/c22-15-9-14-17(10-16(15)23)24-12-18(14)27-21(30)20(29)25-11-13-5-4-6-19(26-13)28-7-2-1-3-8-28/h4-6,9-10,12,24H,1-3,7-8,11H2,(H,25,29)(H,27,30). The maximum absolute atomic E-state index is 13.5. The number of carbonyl (C=O) groups is 2. The Balaban J connectivity index is 1.37. The molecular weight excluding hydrogens is 392 g/mol. The van der Waals surface area contributed by atoms with Gasteiger partial charge in [-0.3, -0.25) is 9.59 Å². The monoisotopic (exact) mass is 413 g/mol. The normalized spacial score (nSPS) is 14.0. The lowest BCUT2D eigenvalue weighted by Gasteiger charge is -2.27. The molecule has 1 saturated heterocycles. The summed E-state index contributed by atoms with van der Waals surface area (Å²) in [5.41, 5.74) is 1.14. The summed E-state index contributed by atoms with van der Waals surface area (Å²) in [4.78, 5) is 33.9. The molecule has 0 saturated carbocycles. The average molecular weight is 413 g/mol. The number of pyridine rings is 1. The summed E-state index contributed by atoms with van der Waals surface area (Å²) in [6.45, 7) is 2.02. The lowest BCUT2D eigenvalue weighted by molar-refractivity contribution is -0.136. The van der Waals surface area contributed by atoms with Gasteiger partial charge in [-0.2, -0.15) is 0 Å². The van der Waals surface area contributed by atoms with Gasteiger partial charge >= 0.3 is 11.8 Å². The first kappa shape index (κ1) is 19.8. The van der Waals surface area contributed by atoms with E-state index in [0.29, 0.717) is 11.2 Å². The van der Waals surface area contributed by atoms with Crippen LogP contribution in [0.3, 0.4) is 0 Å². The van der Waals surface area contributed by atoms with E-state index in [9.17, 15) is 18.4 Å². The van der Waals surface area contributed by atoms with Crippen LogP contribution in [0.5, 0.6) is 0 Å². The quantitative estimate of drug-likeness (QED) is 0.574. The van der Waals surface area contributed by atoms with Gasteiger partial charge in [-0.15, -0.1) is 0 Å². The third-order valence-electron chi connectivity index (χ3n) is 5.08. The van der Waals surface area contributed by atoms with E-state index in [2.05, 4.69) is 25.5 Å². The predicted octanol–water partition coefficient (Wildman–Crippen LogP) is 3.09. The van der Waals surface area contributed by atoms with Crippen molar-refractivity contribution < 1.29 is 18.4 Å². The molecule has 0 bridgehead atoms. The summed E-state index contributed by atoms with van der Waals surface area (Å²) >= 11 is 0. The van der Waals surface area contributed by atoms with Gasteiger partial charge in [-0.25, -0.2) is 13.8 Å². The lowest BCUT2D eigenvalue weighted by Crippen LogP contribution is -2.35. The Hall–Kier alpha value is -3.49. The van der Waals surface area contributed by atoms with Crippen molar-refractivity contribution in [2.45, 2.75) is 25.8 Å². The zero-order valence-electron chi connectivity index (χ0n) is 16.2. The van der Waals surface area contributed by atoms with E-state index in [-0.39, 0.29) is 17.6 Å². The Kier molecular flexibility index (Phi) is 5.60. The number of benzene rings is 1. The zero-order chi connectivity index (χ0) is 21.1. The first-order valence-corrected chi connectivity index (χ1v) is 9.77. The van der Waals surface area contributed by atoms with Gasteiger partial charge in [0.15, 0.2) is 11.6 Å². The van der Waals surface area contributed by atoms with Crippen molar-refractivity contribution in [3.05, 3.63) is 53.9 Å². The highest BCUT2D eigenvalue weighted by atomic mass is 19.2. The third-order valence-corrected chi connectivity index (χ3v) is 5.08.